The molecule has 1 atom stereocenters. The predicted octanol–water partition coefficient (Wildman–Crippen LogP) is 2.55. The minimum Gasteiger partial charge on any atom is -0.491 e. The van der Waals surface area contributed by atoms with E-state index in [0.717, 1.165) is 12.8 Å². The molecular weight excluding hydrogens is 297 g/mol. The summed E-state index contributed by atoms with van der Waals surface area (Å²) in [7, 11) is 0. The van der Waals surface area contributed by atoms with Crippen molar-refractivity contribution >= 4 is 5.91 Å². The van der Waals surface area contributed by atoms with Crippen molar-refractivity contribution < 1.29 is 13.9 Å². The van der Waals surface area contributed by atoms with Crippen LogP contribution in [0.5, 0.6) is 5.75 Å². The molecule has 120 valence electrons. The highest BCUT2D eigenvalue weighted by atomic mass is 19.1. The van der Waals surface area contributed by atoms with Crippen LogP contribution in [0.3, 0.4) is 0 Å². The molecule has 23 heavy (non-hydrogen) atoms. The van der Waals surface area contributed by atoms with Gasteiger partial charge < -0.3 is 9.64 Å². The molecule has 3 rings (SSSR count). The molecule has 1 aliphatic heterocycles. The van der Waals surface area contributed by atoms with Crippen molar-refractivity contribution in [3.8, 4) is 5.75 Å². The van der Waals surface area contributed by atoms with Crippen molar-refractivity contribution in [3.63, 3.8) is 0 Å². The lowest BCUT2D eigenvalue weighted by Gasteiger charge is -2.16. The first-order valence-electron chi connectivity index (χ1n) is 7.66. The molecule has 0 radical (unpaired) electrons. The highest BCUT2D eigenvalue weighted by Gasteiger charge is 2.27. The second-order valence-corrected chi connectivity index (χ2v) is 5.56. The average Bonchev–Trinajstić information content (AvgIpc) is 3.06. The van der Waals surface area contributed by atoms with Crippen LogP contribution >= 0.6 is 0 Å². The molecule has 6 heteroatoms. The molecule has 0 bridgehead atoms. The SMILES string of the molecule is O=C(c1cnccn1)N1CCC(CCOc2ccccc2F)C1. The number of hydrogen-bond donors (Lipinski definition) is 0. The summed E-state index contributed by atoms with van der Waals surface area (Å²) in [5, 5.41) is 0. The number of nitrogens with zero attached hydrogens (tertiary/aromatic N) is 3. The number of likely N-dealkylation sites (tertiary alicyclic amines) is 1. The van der Waals surface area contributed by atoms with Gasteiger partial charge in [-0.05, 0) is 30.9 Å². The van der Waals surface area contributed by atoms with Crippen LogP contribution in [-0.2, 0) is 0 Å². The predicted molar refractivity (Wildman–Crippen MR) is 82.6 cm³/mol. The fourth-order valence-corrected chi connectivity index (χ4v) is 2.72. The van der Waals surface area contributed by atoms with E-state index >= 15 is 0 Å². The van der Waals surface area contributed by atoms with Crippen LogP contribution in [0.25, 0.3) is 0 Å². The minimum atomic E-state index is -0.349. The first-order valence-corrected chi connectivity index (χ1v) is 7.66. The van der Waals surface area contributed by atoms with Gasteiger partial charge in [-0.25, -0.2) is 9.37 Å². The van der Waals surface area contributed by atoms with Gasteiger partial charge in [-0.2, -0.15) is 0 Å². The molecule has 1 saturated heterocycles. The maximum absolute atomic E-state index is 13.5. The van der Waals surface area contributed by atoms with Crippen LogP contribution in [0.4, 0.5) is 4.39 Å². The Hall–Kier alpha value is -2.50. The molecule has 2 heterocycles. The molecule has 1 aliphatic rings. The minimum absolute atomic E-state index is 0.0874. The summed E-state index contributed by atoms with van der Waals surface area (Å²) in [6.07, 6.45) is 6.26. The molecule has 1 amide bonds. The van der Waals surface area contributed by atoms with Gasteiger partial charge in [0, 0.05) is 25.5 Å². The van der Waals surface area contributed by atoms with E-state index < -0.39 is 0 Å². The molecule has 5 nitrogen and oxygen atoms in total. The lowest BCUT2D eigenvalue weighted by molar-refractivity contribution is 0.0779. The standard InChI is InChI=1S/C17H18FN3O2/c18-14-3-1-2-4-16(14)23-10-6-13-5-9-21(12-13)17(22)15-11-19-7-8-20-15/h1-4,7-8,11,13H,5-6,9-10,12H2. The number of ether oxygens (including phenoxy) is 1. The van der Waals surface area contributed by atoms with Gasteiger partial charge >= 0.3 is 0 Å². The van der Waals surface area contributed by atoms with Crippen molar-refractivity contribution in [1.29, 1.82) is 0 Å². The molecule has 0 spiro atoms. The number of carbonyl (C=O) groups excluding carboxylic acids is 1. The number of carbonyl (C=O) groups is 1. The van der Waals surface area contributed by atoms with E-state index in [1.807, 2.05) is 0 Å². The van der Waals surface area contributed by atoms with E-state index in [-0.39, 0.29) is 17.5 Å². The van der Waals surface area contributed by atoms with E-state index in [4.69, 9.17) is 4.74 Å². The molecule has 0 aliphatic carbocycles. The summed E-state index contributed by atoms with van der Waals surface area (Å²) in [5.74, 6) is 0.203. The van der Waals surface area contributed by atoms with Gasteiger partial charge in [0.15, 0.2) is 11.6 Å². The number of benzene rings is 1. The zero-order valence-corrected chi connectivity index (χ0v) is 12.7. The van der Waals surface area contributed by atoms with Crippen molar-refractivity contribution in [1.82, 2.24) is 14.9 Å². The van der Waals surface area contributed by atoms with Crippen LogP contribution in [0.2, 0.25) is 0 Å². The third-order valence-corrected chi connectivity index (χ3v) is 3.98. The smallest absolute Gasteiger partial charge is 0.274 e. The molecule has 1 aromatic carbocycles. The first-order chi connectivity index (χ1) is 11.2. The second-order valence-electron chi connectivity index (χ2n) is 5.56. The second kappa shape index (κ2) is 7.17. The molecule has 1 fully saturated rings. The monoisotopic (exact) mass is 315 g/mol. The Labute approximate surface area is 134 Å². The fourth-order valence-electron chi connectivity index (χ4n) is 2.72. The summed E-state index contributed by atoms with van der Waals surface area (Å²) in [4.78, 5) is 22.0. The highest BCUT2D eigenvalue weighted by Crippen LogP contribution is 2.22. The lowest BCUT2D eigenvalue weighted by Crippen LogP contribution is -2.29. The van der Waals surface area contributed by atoms with Gasteiger partial charge in [-0.3, -0.25) is 9.78 Å². The zero-order valence-electron chi connectivity index (χ0n) is 12.7. The molecular formula is C17H18FN3O2. The Balaban J connectivity index is 1.47. The normalized spacial score (nSPS) is 17.3. The van der Waals surface area contributed by atoms with Crippen molar-refractivity contribution in [2.45, 2.75) is 12.8 Å². The number of rotatable bonds is 5. The van der Waals surface area contributed by atoms with Crippen LogP contribution in [-0.4, -0.2) is 40.5 Å². The number of aromatic nitrogens is 2. The quantitative estimate of drug-likeness (QED) is 0.851. The van der Waals surface area contributed by atoms with Gasteiger partial charge in [-0.15, -0.1) is 0 Å². The Morgan fingerprint density at radius 2 is 2.22 bits per heavy atom. The summed E-state index contributed by atoms with van der Waals surface area (Å²) in [6, 6.07) is 6.38. The average molecular weight is 315 g/mol. The van der Waals surface area contributed by atoms with E-state index in [2.05, 4.69) is 9.97 Å². The Bertz CT molecular complexity index is 666. The van der Waals surface area contributed by atoms with E-state index in [1.54, 1.807) is 29.3 Å². The highest BCUT2D eigenvalue weighted by molar-refractivity contribution is 5.92. The van der Waals surface area contributed by atoms with Gasteiger partial charge in [0.05, 0.1) is 12.8 Å². The summed E-state index contributed by atoms with van der Waals surface area (Å²) in [6.45, 7) is 1.83. The zero-order chi connectivity index (χ0) is 16.1. The maximum Gasteiger partial charge on any atom is 0.274 e. The number of hydrogen-bond acceptors (Lipinski definition) is 4. The number of halogens is 1. The molecule has 1 aromatic heterocycles. The third kappa shape index (κ3) is 3.83. The third-order valence-electron chi connectivity index (χ3n) is 3.98. The van der Waals surface area contributed by atoms with Crippen LogP contribution in [0.15, 0.2) is 42.9 Å². The van der Waals surface area contributed by atoms with Crippen molar-refractivity contribution in [2.75, 3.05) is 19.7 Å². The van der Waals surface area contributed by atoms with Gasteiger partial charge in [0.25, 0.3) is 5.91 Å². The Kier molecular flexibility index (Phi) is 4.80. The van der Waals surface area contributed by atoms with Crippen LogP contribution in [0.1, 0.15) is 23.3 Å². The number of para-hydroxylation sites is 1. The van der Waals surface area contributed by atoms with E-state index in [9.17, 15) is 9.18 Å². The van der Waals surface area contributed by atoms with Crippen molar-refractivity contribution in [3.05, 3.63) is 54.4 Å². The summed E-state index contributed by atoms with van der Waals surface area (Å²) < 4.78 is 18.9. The topological polar surface area (TPSA) is 55.3 Å². The van der Waals surface area contributed by atoms with E-state index in [0.29, 0.717) is 31.3 Å². The number of amides is 1. The van der Waals surface area contributed by atoms with Crippen LogP contribution in [0, 0.1) is 11.7 Å². The van der Waals surface area contributed by atoms with Crippen LogP contribution < -0.4 is 4.74 Å². The fraction of sp³-hybridized carbons (Fsp3) is 0.353. The molecule has 0 saturated carbocycles. The molecule has 1 unspecified atom stereocenters. The largest absolute Gasteiger partial charge is 0.491 e. The maximum atomic E-state index is 13.5. The van der Waals surface area contributed by atoms with Crippen molar-refractivity contribution in [2.24, 2.45) is 5.92 Å². The Morgan fingerprint density at radius 1 is 1.35 bits per heavy atom. The molecule has 2 aromatic rings. The van der Waals surface area contributed by atoms with Gasteiger partial charge in [-0.1, -0.05) is 12.1 Å². The van der Waals surface area contributed by atoms with E-state index in [1.165, 1.54) is 18.5 Å². The molecule has 0 N–H and O–H groups in total. The Morgan fingerprint density at radius 3 is 3.00 bits per heavy atom. The first kappa shape index (κ1) is 15.4. The lowest BCUT2D eigenvalue weighted by atomic mass is 10.1. The summed E-state index contributed by atoms with van der Waals surface area (Å²) in [5.41, 5.74) is 0.371. The van der Waals surface area contributed by atoms with Gasteiger partial charge in [0.1, 0.15) is 5.69 Å². The van der Waals surface area contributed by atoms with Gasteiger partial charge in [0.2, 0.25) is 0 Å². The summed E-state index contributed by atoms with van der Waals surface area (Å²) >= 11 is 0.